The molecule has 0 saturated heterocycles. The van der Waals surface area contributed by atoms with Gasteiger partial charge in [0.2, 0.25) is 0 Å². The summed E-state index contributed by atoms with van der Waals surface area (Å²) in [6, 6.07) is -0.470. The molecule has 0 aromatic heterocycles. The molecule has 0 aromatic carbocycles. The molecule has 0 radical (unpaired) electrons. The number of hydrogen-bond donors (Lipinski definition) is 1. The summed E-state index contributed by atoms with van der Waals surface area (Å²) in [4.78, 5) is 11.0. The number of carbonyl (C=O) groups excluding carboxylic acids is 1. The molecule has 1 atom stereocenters. The maximum atomic E-state index is 11.0. The summed E-state index contributed by atoms with van der Waals surface area (Å²) < 4.78 is 4.75. The lowest BCUT2D eigenvalue weighted by molar-refractivity contribution is -0.144. The zero-order valence-electron chi connectivity index (χ0n) is 7.41. The van der Waals surface area contributed by atoms with Gasteiger partial charge in [-0.15, -0.1) is 11.8 Å². The smallest absolute Gasteiger partial charge is 0.323 e. The number of rotatable bonds is 6. The van der Waals surface area contributed by atoms with Gasteiger partial charge in [0.15, 0.2) is 0 Å². The fraction of sp³-hybridized carbons (Fsp3) is 0.857. The molecule has 0 saturated carbocycles. The highest BCUT2D eigenvalue weighted by Gasteiger charge is 2.13. The minimum absolute atomic E-state index is 0.300. The Morgan fingerprint density at radius 1 is 1.67 bits per heavy atom. The third-order valence-electron chi connectivity index (χ3n) is 1.09. The Balaban J connectivity index is 3.42. The summed E-state index contributed by atoms with van der Waals surface area (Å²) in [7, 11) is 0. The normalized spacial score (nSPS) is 12.6. The molecule has 1 unspecified atom stereocenters. The van der Waals surface area contributed by atoms with Crippen LogP contribution in [0.1, 0.15) is 6.92 Å². The second kappa shape index (κ2) is 7.76. The van der Waals surface area contributed by atoms with Gasteiger partial charge < -0.3 is 10.5 Å². The summed E-state index contributed by atoms with van der Waals surface area (Å²) in [5.74, 6) is 0.339. The van der Waals surface area contributed by atoms with Crippen molar-refractivity contribution >= 4 is 29.5 Å². The highest BCUT2D eigenvalue weighted by Crippen LogP contribution is 2.09. The summed E-state index contributed by atoms with van der Waals surface area (Å²) in [6.45, 7) is 2.18. The highest BCUT2D eigenvalue weighted by molar-refractivity contribution is 8.15. The van der Waals surface area contributed by atoms with Crippen LogP contribution in [0.15, 0.2) is 0 Å². The average Bonchev–Trinajstić information content (AvgIpc) is 2.05. The van der Waals surface area contributed by atoms with Crippen molar-refractivity contribution in [3.05, 3.63) is 0 Å². The van der Waals surface area contributed by atoms with Crippen molar-refractivity contribution < 1.29 is 9.53 Å². The molecule has 0 fully saturated rings. The molecular weight excluding hydrogens is 194 g/mol. The number of nitrogens with two attached hydrogens (primary N) is 1. The fourth-order valence-electron chi connectivity index (χ4n) is 0.576. The molecule has 0 amide bonds. The maximum Gasteiger partial charge on any atom is 0.323 e. The number of esters is 1. The molecular formula is C7H15NO2S2. The van der Waals surface area contributed by atoms with E-state index in [4.69, 9.17) is 10.5 Å². The summed E-state index contributed by atoms with van der Waals surface area (Å²) in [5.41, 5.74) is 5.54. The van der Waals surface area contributed by atoms with Gasteiger partial charge in [0.25, 0.3) is 0 Å². The topological polar surface area (TPSA) is 52.3 Å². The fourth-order valence-corrected chi connectivity index (χ4v) is 2.02. The lowest BCUT2D eigenvalue weighted by Gasteiger charge is -2.08. The molecule has 0 heterocycles. The van der Waals surface area contributed by atoms with Gasteiger partial charge in [-0.1, -0.05) is 0 Å². The van der Waals surface area contributed by atoms with Crippen LogP contribution in [0.25, 0.3) is 0 Å². The average molecular weight is 209 g/mol. The Bertz CT molecular complexity index is 133. The quantitative estimate of drug-likeness (QED) is 0.401. The van der Waals surface area contributed by atoms with Crippen LogP contribution in [-0.2, 0) is 9.53 Å². The van der Waals surface area contributed by atoms with Crippen LogP contribution in [0.3, 0.4) is 0 Å². The van der Waals surface area contributed by atoms with Crippen LogP contribution in [0.4, 0.5) is 0 Å². The van der Waals surface area contributed by atoms with E-state index in [0.29, 0.717) is 12.4 Å². The first-order valence-electron chi connectivity index (χ1n) is 3.71. The standard InChI is InChI=1S/C7H15NO2S2/c1-3-10-7(9)6(8)4-12-5-11-2/h6H,3-5,8H2,1-2H3. The number of thioether (sulfide) groups is 2. The Morgan fingerprint density at radius 2 is 2.33 bits per heavy atom. The van der Waals surface area contributed by atoms with Gasteiger partial charge in [-0.25, -0.2) is 0 Å². The zero-order valence-corrected chi connectivity index (χ0v) is 9.04. The third kappa shape index (κ3) is 5.74. The first-order chi connectivity index (χ1) is 5.72. The molecule has 0 aliphatic carbocycles. The van der Waals surface area contributed by atoms with Gasteiger partial charge in [-0.05, 0) is 13.2 Å². The maximum absolute atomic E-state index is 11.0. The van der Waals surface area contributed by atoms with E-state index >= 15 is 0 Å². The molecule has 12 heavy (non-hydrogen) atoms. The van der Waals surface area contributed by atoms with Crippen molar-refractivity contribution in [1.29, 1.82) is 0 Å². The second-order valence-electron chi connectivity index (χ2n) is 2.14. The van der Waals surface area contributed by atoms with Crippen molar-refractivity contribution in [3.8, 4) is 0 Å². The Morgan fingerprint density at radius 3 is 2.83 bits per heavy atom. The monoisotopic (exact) mass is 209 g/mol. The predicted molar refractivity (Wildman–Crippen MR) is 55.4 cm³/mol. The lowest BCUT2D eigenvalue weighted by atomic mass is 10.4. The van der Waals surface area contributed by atoms with E-state index in [2.05, 4.69) is 0 Å². The molecule has 0 aliphatic heterocycles. The third-order valence-corrected chi connectivity index (χ3v) is 3.29. The second-order valence-corrected chi connectivity index (χ2v) is 4.40. The summed E-state index contributed by atoms with van der Waals surface area (Å²) in [5, 5.41) is 0.965. The van der Waals surface area contributed by atoms with Gasteiger partial charge in [0.05, 0.1) is 6.61 Å². The highest BCUT2D eigenvalue weighted by atomic mass is 32.2. The van der Waals surface area contributed by atoms with E-state index < -0.39 is 6.04 Å². The molecule has 2 N–H and O–H groups in total. The van der Waals surface area contributed by atoms with Crippen molar-refractivity contribution in [1.82, 2.24) is 0 Å². The predicted octanol–water partition coefficient (Wildman–Crippen LogP) is 0.931. The Kier molecular flexibility index (Phi) is 7.85. The van der Waals surface area contributed by atoms with Crippen LogP contribution in [-0.4, -0.2) is 35.7 Å². The Labute approximate surface area is 81.8 Å². The molecule has 0 bridgehead atoms. The van der Waals surface area contributed by atoms with Crippen LogP contribution >= 0.6 is 23.5 Å². The molecule has 0 aliphatic rings. The van der Waals surface area contributed by atoms with Crippen molar-refractivity contribution in [2.24, 2.45) is 5.73 Å². The first kappa shape index (κ1) is 12.1. The van der Waals surface area contributed by atoms with Gasteiger partial charge in [0, 0.05) is 10.8 Å². The number of ether oxygens (including phenoxy) is 1. The van der Waals surface area contributed by atoms with Crippen LogP contribution < -0.4 is 5.73 Å². The molecule has 0 aromatic rings. The number of carbonyl (C=O) groups is 1. The molecule has 72 valence electrons. The lowest BCUT2D eigenvalue weighted by Crippen LogP contribution is -2.34. The number of hydrogen-bond acceptors (Lipinski definition) is 5. The molecule has 0 rings (SSSR count). The van der Waals surface area contributed by atoms with E-state index in [9.17, 15) is 4.79 Å². The van der Waals surface area contributed by atoms with Crippen LogP contribution in [0.2, 0.25) is 0 Å². The van der Waals surface area contributed by atoms with E-state index in [-0.39, 0.29) is 5.97 Å². The van der Waals surface area contributed by atoms with Gasteiger partial charge >= 0.3 is 5.97 Å². The van der Waals surface area contributed by atoms with Gasteiger partial charge in [-0.2, -0.15) is 11.8 Å². The van der Waals surface area contributed by atoms with Crippen LogP contribution in [0.5, 0.6) is 0 Å². The van der Waals surface area contributed by atoms with Crippen molar-refractivity contribution in [2.45, 2.75) is 13.0 Å². The largest absolute Gasteiger partial charge is 0.465 e. The SMILES string of the molecule is CCOC(=O)C(N)CSCSC. The van der Waals surface area contributed by atoms with Crippen molar-refractivity contribution in [3.63, 3.8) is 0 Å². The van der Waals surface area contributed by atoms with E-state index in [0.717, 1.165) is 5.08 Å². The minimum Gasteiger partial charge on any atom is -0.465 e. The minimum atomic E-state index is -0.470. The zero-order chi connectivity index (χ0) is 9.40. The van der Waals surface area contributed by atoms with E-state index in [1.54, 1.807) is 30.4 Å². The van der Waals surface area contributed by atoms with Crippen molar-refractivity contribution in [2.75, 3.05) is 23.7 Å². The Hall–Kier alpha value is 0.130. The first-order valence-corrected chi connectivity index (χ1v) is 6.26. The van der Waals surface area contributed by atoms with Crippen LogP contribution in [0, 0.1) is 0 Å². The van der Waals surface area contributed by atoms with E-state index in [1.807, 2.05) is 6.26 Å². The summed E-state index contributed by atoms with van der Waals surface area (Å²) in [6.07, 6.45) is 2.02. The summed E-state index contributed by atoms with van der Waals surface area (Å²) >= 11 is 3.38. The molecule has 3 nitrogen and oxygen atoms in total. The van der Waals surface area contributed by atoms with Gasteiger partial charge in [-0.3, -0.25) is 4.79 Å². The molecule has 5 heteroatoms. The van der Waals surface area contributed by atoms with Gasteiger partial charge in [0.1, 0.15) is 6.04 Å². The molecule has 0 spiro atoms. The van der Waals surface area contributed by atoms with E-state index in [1.165, 1.54) is 0 Å².